The third-order valence-corrected chi connectivity index (χ3v) is 5.29. The maximum absolute atomic E-state index is 5.33. The van der Waals surface area contributed by atoms with Gasteiger partial charge >= 0.3 is 0 Å². The van der Waals surface area contributed by atoms with E-state index in [0.29, 0.717) is 11.5 Å². The molecule has 0 atom stereocenters. The molecular weight excluding hydrogens is 330 g/mol. The SMILES string of the molecule is COc1cc2nc(Nc3nc4ccccc4s3)sc2cc1OC. The van der Waals surface area contributed by atoms with Crippen molar-refractivity contribution >= 4 is 53.4 Å². The molecule has 116 valence electrons. The minimum atomic E-state index is 0.678. The van der Waals surface area contributed by atoms with E-state index in [1.807, 2.05) is 30.3 Å². The first-order valence-corrected chi connectivity index (χ1v) is 8.55. The van der Waals surface area contributed by atoms with Gasteiger partial charge in [0.1, 0.15) is 0 Å². The Labute approximate surface area is 140 Å². The van der Waals surface area contributed by atoms with Crippen LogP contribution in [0.15, 0.2) is 36.4 Å². The van der Waals surface area contributed by atoms with Gasteiger partial charge in [0.25, 0.3) is 0 Å². The van der Waals surface area contributed by atoms with E-state index in [0.717, 1.165) is 30.7 Å². The number of thiazole rings is 2. The second kappa shape index (κ2) is 5.68. The summed E-state index contributed by atoms with van der Waals surface area (Å²) in [5, 5.41) is 4.93. The number of anilines is 2. The van der Waals surface area contributed by atoms with Crippen molar-refractivity contribution in [3.05, 3.63) is 36.4 Å². The second-order valence-electron chi connectivity index (χ2n) is 4.81. The first-order chi connectivity index (χ1) is 11.3. The van der Waals surface area contributed by atoms with Crippen LogP contribution >= 0.6 is 22.7 Å². The molecule has 0 aliphatic rings. The van der Waals surface area contributed by atoms with E-state index >= 15 is 0 Å². The highest BCUT2D eigenvalue weighted by atomic mass is 32.1. The number of nitrogens with one attached hydrogen (secondary N) is 1. The highest BCUT2D eigenvalue weighted by Gasteiger charge is 2.12. The van der Waals surface area contributed by atoms with Crippen molar-refractivity contribution in [1.29, 1.82) is 0 Å². The number of nitrogens with zero attached hydrogens (tertiary/aromatic N) is 2. The van der Waals surface area contributed by atoms with Crippen LogP contribution in [0.4, 0.5) is 10.3 Å². The minimum Gasteiger partial charge on any atom is -0.493 e. The van der Waals surface area contributed by atoms with E-state index in [1.165, 1.54) is 0 Å². The summed E-state index contributed by atoms with van der Waals surface area (Å²) >= 11 is 3.17. The fourth-order valence-corrected chi connectivity index (χ4v) is 4.13. The van der Waals surface area contributed by atoms with Crippen LogP contribution in [0.1, 0.15) is 0 Å². The number of rotatable bonds is 4. The lowest BCUT2D eigenvalue weighted by atomic mass is 10.3. The molecule has 4 rings (SSSR count). The molecule has 2 aromatic heterocycles. The maximum Gasteiger partial charge on any atom is 0.190 e. The molecular formula is C16H13N3O2S2. The number of aromatic nitrogens is 2. The Morgan fingerprint density at radius 2 is 1.48 bits per heavy atom. The highest BCUT2D eigenvalue weighted by Crippen LogP contribution is 2.37. The van der Waals surface area contributed by atoms with Crippen LogP contribution in [0.25, 0.3) is 20.4 Å². The molecule has 0 saturated carbocycles. The topological polar surface area (TPSA) is 56.3 Å². The van der Waals surface area contributed by atoms with Gasteiger partial charge in [-0.1, -0.05) is 34.8 Å². The molecule has 0 aliphatic heterocycles. The van der Waals surface area contributed by atoms with Crippen molar-refractivity contribution in [1.82, 2.24) is 9.97 Å². The molecule has 0 amide bonds. The molecule has 1 N–H and O–H groups in total. The number of ether oxygens (including phenoxy) is 2. The molecule has 7 heteroatoms. The predicted molar refractivity (Wildman–Crippen MR) is 95.6 cm³/mol. The average Bonchev–Trinajstić information content (AvgIpc) is 3.15. The number of fused-ring (bicyclic) bond motifs is 2. The minimum absolute atomic E-state index is 0.678. The Morgan fingerprint density at radius 1 is 0.826 bits per heavy atom. The van der Waals surface area contributed by atoms with Crippen LogP contribution in [-0.4, -0.2) is 24.2 Å². The standard InChI is InChI=1S/C16H13N3O2S2/c1-20-11-7-10-14(8-12(11)21-2)23-16(18-10)19-15-17-9-5-3-4-6-13(9)22-15/h3-8H,1-2H3,(H,17,18,19). The first-order valence-electron chi connectivity index (χ1n) is 6.92. The summed E-state index contributed by atoms with van der Waals surface area (Å²) in [6, 6.07) is 11.9. The molecule has 0 unspecified atom stereocenters. The number of benzene rings is 2. The Morgan fingerprint density at radius 3 is 2.22 bits per heavy atom. The summed E-state index contributed by atoms with van der Waals surface area (Å²) in [7, 11) is 3.25. The first kappa shape index (κ1) is 14.2. The van der Waals surface area contributed by atoms with Crippen molar-refractivity contribution in [2.24, 2.45) is 0 Å². The van der Waals surface area contributed by atoms with E-state index in [-0.39, 0.29) is 0 Å². The Hall–Kier alpha value is -2.38. The number of hydrogen-bond acceptors (Lipinski definition) is 7. The molecule has 23 heavy (non-hydrogen) atoms. The molecule has 0 radical (unpaired) electrons. The normalized spacial score (nSPS) is 11.0. The zero-order valence-electron chi connectivity index (χ0n) is 12.5. The van der Waals surface area contributed by atoms with Gasteiger partial charge in [0.2, 0.25) is 0 Å². The number of hydrogen-bond donors (Lipinski definition) is 1. The van der Waals surface area contributed by atoms with Crippen molar-refractivity contribution in [2.75, 3.05) is 19.5 Å². The van der Waals surface area contributed by atoms with Gasteiger partial charge in [-0.2, -0.15) is 0 Å². The number of para-hydroxylation sites is 1. The third kappa shape index (κ3) is 2.58. The molecule has 2 aromatic carbocycles. The van der Waals surface area contributed by atoms with Crippen molar-refractivity contribution in [3.63, 3.8) is 0 Å². The quantitative estimate of drug-likeness (QED) is 0.584. The van der Waals surface area contributed by atoms with Crippen LogP contribution in [-0.2, 0) is 0 Å². The summed E-state index contributed by atoms with van der Waals surface area (Å²) in [6.07, 6.45) is 0. The molecule has 0 bridgehead atoms. The summed E-state index contributed by atoms with van der Waals surface area (Å²) in [5.41, 5.74) is 1.86. The van der Waals surface area contributed by atoms with Crippen molar-refractivity contribution < 1.29 is 9.47 Å². The van der Waals surface area contributed by atoms with Gasteiger partial charge in [0.15, 0.2) is 21.8 Å². The lowest BCUT2D eigenvalue weighted by Gasteiger charge is -2.05. The molecule has 0 aliphatic carbocycles. The van der Waals surface area contributed by atoms with E-state index in [1.54, 1.807) is 36.9 Å². The Kier molecular flexibility index (Phi) is 3.51. The summed E-state index contributed by atoms with van der Waals surface area (Å²) < 4.78 is 12.8. The van der Waals surface area contributed by atoms with Gasteiger partial charge in [-0.3, -0.25) is 0 Å². The monoisotopic (exact) mass is 343 g/mol. The van der Waals surface area contributed by atoms with E-state index in [2.05, 4.69) is 21.4 Å². The molecule has 0 spiro atoms. The zero-order valence-corrected chi connectivity index (χ0v) is 14.1. The summed E-state index contributed by atoms with van der Waals surface area (Å²) in [5.74, 6) is 1.38. The zero-order chi connectivity index (χ0) is 15.8. The fraction of sp³-hybridized carbons (Fsp3) is 0.125. The smallest absolute Gasteiger partial charge is 0.190 e. The molecule has 0 fully saturated rings. The van der Waals surface area contributed by atoms with Gasteiger partial charge in [0, 0.05) is 12.1 Å². The predicted octanol–water partition coefficient (Wildman–Crippen LogP) is 4.67. The van der Waals surface area contributed by atoms with Gasteiger partial charge in [-0.15, -0.1) is 0 Å². The fourth-order valence-electron chi connectivity index (χ4n) is 2.33. The van der Waals surface area contributed by atoms with Crippen molar-refractivity contribution in [2.45, 2.75) is 0 Å². The van der Waals surface area contributed by atoms with Crippen LogP contribution in [0.2, 0.25) is 0 Å². The van der Waals surface area contributed by atoms with Crippen LogP contribution in [0.3, 0.4) is 0 Å². The van der Waals surface area contributed by atoms with Gasteiger partial charge in [-0.05, 0) is 12.1 Å². The van der Waals surface area contributed by atoms with Crippen molar-refractivity contribution in [3.8, 4) is 11.5 Å². The molecule has 2 heterocycles. The van der Waals surface area contributed by atoms with Crippen LogP contribution in [0.5, 0.6) is 11.5 Å². The largest absolute Gasteiger partial charge is 0.493 e. The molecule has 0 saturated heterocycles. The molecule has 5 nitrogen and oxygen atoms in total. The maximum atomic E-state index is 5.33. The van der Waals surface area contributed by atoms with E-state index in [9.17, 15) is 0 Å². The van der Waals surface area contributed by atoms with E-state index in [4.69, 9.17) is 9.47 Å². The molecule has 4 aromatic rings. The summed E-state index contributed by atoms with van der Waals surface area (Å²) in [6.45, 7) is 0. The lowest BCUT2D eigenvalue weighted by molar-refractivity contribution is 0.356. The van der Waals surface area contributed by atoms with E-state index < -0.39 is 0 Å². The van der Waals surface area contributed by atoms with Gasteiger partial charge in [-0.25, -0.2) is 9.97 Å². The van der Waals surface area contributed by atoms with Crippen LogP contribution < -0.4 is 14.8 Å². The average molecular weight is 343 g/mol. The van der Waals surface area contributed by atoms with Gasteiger partial charge < -0.3 is 14.8 Å². The lowest BCUT2D eigenvalue weighted by Crippen LogP contribution is -1.90. The Bertz CT molecular complexity index is 919. The second-order valence-corrected chi connectivity index (χ2v) is 6.87. The third-order valence-electron chi connectivity index (χ3n) is 3.40. The Balaban J connectivity index is 1.71. The van der Waals surface area contributed by atoms with Crippen LogP contribution in [0, 0.1) is 0 Å². The highest BCUT2D eigenvalue weighted by molar-refractivity contribution is 7.24. The number of methoxy groups -OCH3 is 2. The summed E-state index contributed by atoms with van der Waals surface area (Å²) in [4.78, 5) is 9.17. The van der Waals surface area contributed by atoms with Gasteiger partial charge in [0.05, 0.1) is 34.7 Å².